The molecule has 0 spiro atoms. The van der Waals surface area contributed by atoms with Crippen molar-refractivity contribution >= 4 is 45.6 Å². The molecule has 0 bridgehead atoms. The predicted octanol–water partition coefficient (Wildman–Crippen LogP) is 4.19. The van der Waals surface area contributed by atoms with Gasteiger partial charge in [0.25, 0.3) is 5.79 Å². The number of aromatic nitrogens is 2. The number of carbonyl (C=O) groups excluding carboxylic acids is 1. The molecule has 2 aliphatic heterocycles. The second kappa shape index (κ2) is 7.13. The van der Waals surface area contributed by atoms with E-state index in [-0.39, 0.29) is 6.79 Å². The number of ether oxygens (including phenoxy) is 3. The molecule has 4 aromatic rings. The summed E-state index contributed by atoms with van der Waals surface area (Å²) in [6, 6.07) is 12.9. The average Bonchev–Trinajstić information content (AvgIpc) is 3.55. The number of benzene rings is 2. The van der Waals surface area contributed by atoms with Crippen molar-refractivity contribution in [2.75, 3.05) is 6.79 Å². The molecule has 4 heterocycles. The van der Waals surface area contributed by atoms with E-state index >= 15 is 0 Å². The van der Waals surface area contributed by atoms with Gasteiger partial charge in [-0.3, -0.25) is 0 Å². The number of aliphatic hydroxyl groups is 1. The number of nitrogens with zero attached hydrogens (tertiary/aromatic N) is 2. The summed E-state index contributed by atoms with van der Waals surface area (Å²) in [5.41, 5.74) is 4.75. The first kappa shape index (κ1) is 19.4. The highest BCUT2D eigenvalue weighted by Gasteiger charge is 2.49. The summed E-state index contributed by atoms with van der Waals surface area (Å²) >= 11 is 2.47. The van der Waals surface area contributed by atoms with E-state index in [0.29, 0.717) is 45.0 Å². The SMILES string of the molecule is Cc1csc(C2(O)OC(=O)C(c3ccc4nsnc4c3)=C2Cc2ccc3c(c2)OCO3)c1. The number of thiophene rings is 1. The van der Waals surface area contributed by atoms with E-state index in [0.717, 1.165) is 28.4 Å². The zero-order valence-electron chi connectivity index (χ0n) is 16.8. The number of esters is 1. The average molecular weight is 465 g/mol. The summed E-state index contributed by atoms with van der Waals surface area (Å²) < 4.78 is 25.1. The molecule has 0 amide bonds. The van der Waals surface area contributed by atoms with Gasteiger partial charge in [-0.05, 0) is 59.3 Å². The van der Waals surface area contributed by atoms with Crippen LogP contribution in [-0.2, 0) is 21.7 Å². The smallest absolute Gasteiger partial charge is 0.342 e. The van der Waals surface area contributed by atoms with E-state index in [9.17, 15) is 9.90 Å². The number of cyclic esters (lactones) is 1. The lowest BCUT2D eigenvalue weighted by Crippen LogP contribution is -2.28. The highest BCUT2D eigenvalue weighted by molar-refractivity contribution is 7.10. The monoisotopic (exact) mass is 464 g/mol. The molecule has 7 nitrogen and oxygen atoms in total. The molecule has 32 heavy (non-hydrogen) atoms. The van der Waals surface area contributed by atoms with Gasteiger partial charge in [-0.15, -0.1) is 11.3 Å². The maximum atomic E-state index is 13.1. The third-order valence-electron chi connectivity index (χ3n) is 5.58. The second-order valence-corrected chi connectivity index (χ2v) is 9.15. The maximum Gasteiger partial charge on any atom is 0.342 e. The van der Waals surface area contributed by atoms with E-state index in [1.807, 2.05) is 48.7 Å². The van der Waals surface area contributed by atoms with Gasteiger partial charge >= 0.3 is 5.97 Å². The fourth-order valence-corrected chi connectivity index (χ4v) is 5.52. The summed E-state index contributed by atoms with van der Waals surface area (Å²) in [6.45, 7) is 2.11. The van der Waals surface area contributed by atoms with E-state index in [4.69, 9.17) is 14.2 Å². The quantitative estimate of drug-likeness (QED) is 0.453. The van der Waals surface area contributed by atoms with Crippen LogP contribution in [0.25, 0.3) is 16.6 Å². The van der Waals surface area contributed by atoms with Crippen molar-refractivity contribution in [3.05, 3.63) is 75.0 Å². The minimum absolute atomic E-state index is 0.175. The van der Waals surface area contributed by atoms with Crippen LogP contribution in [0, 0.1) is 6.92 Å². The van der Waals surface area contributed by atoms with Crippen LogP contribution in [0.5, 0.6) is 11.5 Å². The molecule has 0 saturated carbocycles. The molecule has 9 heteroatoms. The number of hydrogen-bond donors (Lipinski definition) is 1. The maximum absolute atomic E-state index is 13.1. The van der Waals surface area contributed by atoms with Gasteiger partial charge in [-0.25, -0.2) is 4.79 Å². The minimum atomic E-state index is -1.85. The van der Waals surface area contributed by atoms with Crippen molar-refractivity contribution in [1.29, 1.82) is 0 Å². The molecule has 2 aromatic heterocycles. The van der Waals surface area contributed by atoms with Crippen molar-refractivity contribution in [3.8, 4) is 11.5 Å². The topological polar surface area (TPSA) is 90.8 Å². The van der Waals surface area contributed by atoms with Gasteiger partial charge in [0.1, 0.15) is 11.0 Å². The van der Waals surface area contributed by atoms with Crippen LogP contribution in [0.4, 0.5) is 0 Å². The van der Waals surface area contributed by atoms with E-state index in [1.54, 1.807) is 6.07 Å². The second-order valence-electron chi connectivity index (χ2n) is 7.71. The van der Waals surface area contributed by atoms with Crippen LogP contribution in [-0.4, -0.2) is 26.6 Å². The molecule has 0 radical (unpaired) electrons. The first-order valence-electron chi connectivity index (χ1n) is 9.87. The Hall–Kier alpha value is -3.27. The van der Waals surface area contributed by atoms with Crippen LogP contribution in [0.2, 0.25) is 0 Å². The molecule has 1 atom stereocenters. The Labute approximate surface area is 190 Å². The van der Waals surface area contributed by atoms with Gasteiger partial charge in [0.05, 0.1) is 22.2 Å². The van der Waals surface area contributed by atoms with E-state index in [2.05, 4.69) is 8.75 Å². The van der Waals surface area contributed by atoms with Gasteiger partial charge in [-0.2, -0.15) is 8.75 Å². The first-order chi connectivity index (χ1) is 15.5. The third-order valence-corrected chi connectivity index (χ3v) is 7.27. The predicted molar refractivity (Wildman–Crippen MR) is 120 cm³/mol. The fourth-order valence-electron chi connectivity index (χ4n) is 4.04. The first-order valence-corrected chi connectivity index (χ1v) is 11.5. The molecule has 0 saturated heterocycles. The molecule has 0 aliphatic carbocycles. The molecule has 160 valence electrons. The van der Waals surface area contributed by atoms with Crippen molar-refractivity contribution in [3.63, 3.8) is 0 Å². The molecular formula is C23H16N2O5S2. The van der Waals surface area contributed by atoms with Gasteiger partial charge in [0.2, 0.25) is 6.79 Å². The zero-order chi connectivity index (χ0) is 21.9. The molecule has 0 fully saturated rings. The largest absolute Gasteiger partial charge is 0.454 e. The summed E-state index contributed by atoms with van der Waals surface area (Å²) in [4.78, 5) is 13.7. The Morgan fingerprint density at radius 3 is 2.75 bits per heavy atom. The third kappa shape index (κ3) is 3.01. The van der Waals surface area contributed by atoms with Crippen LogP contribution in [0.3, 0.4) is 0 Å². The number of rotatable bonds is 4. The summed E-state index contributed by atoms with van der Waals surface area (Å²) in [5, 5.41) is 13.6. The lowest BCUT2D eigenvalue weighted by molar-refractivity contribution is -0.184. The van der Waals surface area contributed by atoms with Gasteiger partial charge in [0, 0.05) is 12.0 Å². The lowest BCUT2D eigenvalue weighted by Gasteiger charge is -2.24. The number of hydrogen-bond acceptors (Lipinski definition) is 9. The molecule has 6 rings (SSSR count). The number of fused-ring (bicyclic) bond motifs is 2. The van der Waals surface area contributed by atoms with Crippen LogP contribution in [0.15, 0.2) is 53.4 Å². The Bertz CT molecular complexity index is 1420. The van der Waals surface area contributed by atoms with E-state index in [1.165, 1.54) is 11.3 Å². The Kier molecular flexibility index (Phi) is 4.32. The van der Waals surface area contributed by atoms with Crippen LogP contribution < -0.4 is 9.47 Å². The van der Waals surface area contributed by atoms with Gasteiger partial charge in [-0.1, -0.05) is 12.1 Å². The zero-order valence-corrected chi connectivity index (χ0v) is 18.5. The Morgan fingerprint density at radius 1 is 1.06 bits per heavy atom. The van der Waals surface area contributed by atoms with Crippen molar-refractivity contribution in [2.24, 2.45) is 0 Å². The minimum Gasteiger partial charge on any atom is -0.454 e. The van der Waals surface area contributed by atoms with Crippen LogP contribution in [0.1, 0.15) is 21.6 Å². The molecule has 2 aromatic carbocycles. The van der Waals surface area contributed by atoms with Crippen LogP contribution >= 0.6 is 23.1 Å². The van der Waals surface area contributed by atoms with Crippen molar-refractivity contribution in [1.82, 2.24) is 8.75 Å². The number of aryl methyl sites for hydroxylation is 1. The Morgan fingerprint density at radius 2 is 1.91 bits per heavy atom. The molecule has 1 unspecified atom stereocenters. The standard InChI is InChI=1S/C23H16N2O5S2/c1-12-6-20(31-10-12)23(27)15(7-13-2-5-18-19(8-13)29-11-28-18)21(22(26)30-23)14-3-4-16-17(9-14)25-32-24-16/h2-6,8-10,27H,7,11H2,1H3. The molecule has 2 aliphatic rings. The summed E-state index contributed by atoms with van der Waals surface area (Å²) in [5.74, 6) is -1.11. The lowest BCUT2D eigenvalue weighted by atomic mass is 9.90. The normalized spacial score (nSPS) is 19.8. The summed E-state index contributed by atoms with van der Waals surface area (Å²) in [7, 11) is 0. The number of carbonyl (C=O) groups is 1. The van der Waals surface area contributed by atoms with Gasteiger partial charge < -0.3 is 19.3 Å². The van der Waals surface area contributed by atoms with Crippen molar-refractivity contribution in [2.45, 2.75) is 19.1 Å². The highest BCUT2D eigenvalue weighted by atomic mass is 32.1. The van der Waals surface area contributed by atoms with Gasteiger partial charge in [0.15, 0.2) is 11.5 Å². The van der Waals surface area contributed by atoms with Crippen molar-refractivity contribution < 1.29 is 24.1 Å². The van der Waals surface area contributed by atoms with E-state index < -0.39 is 11.8 Å². The Balaban J connectivity index is 1.53. The summed E-state index contributed by atoms with van der Waals surface area (Å²) in [6.07, 6.45) is 0.290. The molecular weight excluding hydrogens is 448 g/mol. The fraction of sp³-hybridized carbons (Fsp3) is 0.174. The molecule has 1 N–H and O–H groups in total. The highest BCUT2D eigenvalue weighted by Crippen LogP contribution is 2.47.